The molecule has 0 aliphatic rings. The molecule has 0 amide bonds. The molecule has 0 heterocycles. The van der Waals surface area contributed by atoms with Gasteiger partial charge in [-0.15, -0.1) is 19.6 Å². The molecular weight excluding hydrogens is 253 g/mol. The third-order valence-electron chi connectivity index (χ3n) is 2.41. The van der Waals surface area contributed by atoms with E-state index in [1.807, 2.05) is 6.07 Å². The van der Waals surface area contributed by atoms with Crippen molar-refractivity contribution >= 4 is 0 Å². The molecule has 0 atom stereocenters. The van der Waals surface area contributed by atoms with Crippen LogP contribution in [0.15, 0.2) is 48.5 Å². The lowest BCUT2D eigenvalue weighted by Crippen LogP contribution is -2.17. The van der Waals surface area contributed by atoms with Crippen LogP contribution in [0, 0.1) is 12.3 Å². The Balaban J connectivity index is 2.46. The number of alkyl halides is 3. The Morgan fingerprint density at radius 2 is 1.63 bits per heavy atom. The van der Waals surface area contributed by atoms with Crippen LogP contribution in [0.5, 0.6) is 5.75 Å². The number of hydrogen-bond acceptors (Lipinski definition) is 1. The lowest BCUT2D eigenvalue weighted by molar-refractivity contribution is -0.274. The topological polar surface area (TPSA) is 9.23 Å². The third kappa shape index (κ3) is 3.52. The Hall–Kier alpha value is -2.41. The normalized spacial score (nSPS) is 10.8. The highest BCUT2D eigenvalue weighted by Crippen LogP contribution is 2.29. The van der Waals surface area contributed by atoms with Crippen LogP contribution < -0.4 is 4.74 Å². The Kier molecular flexibility index (Phi) is 3.48. The lowest BCUT2D eigenvalue weighted by atomic mass is 10.0. The first kappa shape index (κ1) is 13.0. The summed E-state index contributed by atoms with van der Waals surface area (Å²) in [7, 11) is 0. The van der Waals surface area contributed by atoms with Crippen molar-refractivity contribution in [2.75, 3.05) is 0 Å². The molecule has 0 radical (unpaired) electrons. The van der Waals surface area contributed by atoms with Gasteiger partial charge in [-0.25, -0.2) is 0 Å². The van der Waals surface area contributed by atoms with Gasteiger partial charge in [0.05, 0.1) is 0 Å². The highest BCUT2D eigenvalue weighted by Gasteiger charge is 2.31. The van der Waals surface area contributed by atoms with Gasteiger partial charge >= 0.3 is 6.36 Å². The molecule has 0 saturated heterocycles. The molecule has 0 spiro atoms. The van der Waals surface area contributed by atoms with Gasteiger partial charge in [0, 0.05) is 5.56 Å². The zero-order valence-electron chi connectivity index (χ0n) is 9.74. The van der Waals surface area contributed by atoms with Crippen LogP contribution in [-0.4, -0.2) is 6.36 Å². The monoisotopic (exact) mass is 262 g/mol. The van der Waals surface area contributed by atoms with Gasteiger partial charge in [0.1, 0.15) is 5.75 Å². The second kappa shape index (κ2) is 5.07. The van der Waals surface area contributed by atoms with Crippen molar-refractivity contribution in [3.05, 3.63) is 54.1 Å². The average molecular weight is 262 g/mol. The number of halogens is 3. The summed E-state index contributed by atoms with van der Waals surface area (Å²) in [5, 5.41) is 0. The maximum Gasteiger partial charge on any atom is 0.573 e. The van der Waals surface area contributed by atoms with E-state index in [0.29, 0.717) is 11.1 Å². The number of hydrogen-bond donors (Lipinski definition) is 0. The zero-order valence-corrected chi connectivity index (χ0v) is 9.74. The minimum Gasteiger partial charge on any atom is -0.406 e. The largest absolute Gasteiger partial charge is 0.573 e. The summed E-state index contributed by atoms with van der Waals surface area (Å²) in [6.07, 6.45) is 0.508. The van der Waals surface area contributed by atoms with Crippen molar-refractivity contribution < 1.29 is 17.9 Å². The fourth-order valence-corrected chi connectivity index (χ4v) is 1.67. The van der Waals surface area contributed by atoms with Crippen molar-refractivity contribution in [1.82, 2.24) is 0 Å². The molecule has 19 heavy (non-hydrogen) atoms. The summed E-state index contributed by atoms with van der Waals surface area (Å²) in [4.78, 5) is 0. The number of benzene rings is 2. The maximum absolute atomic E-state index is 12.2. The van der Waals surface area contributed by atoms with E-state index in [4.69, 9.17) is 6.42 Å². The Morgan fingerprint density at radius 1 is 0.947 bits per heavy atom. The van der Waals surface area contributed by atoms with Crippen LogP contribution in [0.2, 0.25) is 0 Å². The fourth-order valence-electron chi connectivity index (χ4n) is 1.67. The standard InChI is InChI=1S/C15H9F3O/c1-2-11-8-13(12-6-4-3-5-7-12)10-14(9-11)19-15(16,17)18/h1,3-10H. The van der Waals surface area contributed by atoms with E-state index in [0.717, 1.165) is 5.56 Å². The van der Waals surface area contributed by atoms with Crippen LogP contribution in [0.25, 0.3) is 11.1 Å². The van der Waals surface area contributed by atoms with E-state index in [9.17, 15) is 13.2 Å². The first-order valence-electron chi connectivity index (χ1n) is 5.41. The van der Waals surface area contributed by atoms with Crippen LogP contribution >= 0.6 is 0 Å². The molecule has 0 aliphatic heterocycles. The summed E-state index contributed by atoms with van der Waals surface area (Å²) < 4.78 is 40.6. The van der Waals surface area contributed by atoms with Gasteiger partial charge in [-0.05, 0) is 29.3 Å². The molecule has 0 N–H and O–H groups in total. The highest BCUT2D eigenvalue weighted by atomic mass is 19.4. The lowest BCUT2D eigenvalue weighted by Gasteiger charge is -2.11. The molecule has 2 aromatic carbocycles. The number of ether oxygens (including phenoxy) is 1. The Bertz CT molecular complexity index is 610. The van der Waals surface area contributed by atoms with E-state index in [1.54, 1.807) is 30.3 Å². The predicted octanol–water partition coefficient (Wildman–Crippen LogP) is 4.23. The summed E-state index contributed by atoms with van der Waals surface area (Å²) in [5.74, 6) is 2.00. The van der Waals surface area contributed by atoms with Gasteiger partial charge in [0.25, 0.3) is 0 Å². The molecule has 4 heteroatoms. The molecule has 2 aromatic rings. The van der Waals surface area contributed by atoms with Gasteiger partial charge in [0.2, 0.25) is 0 Å². The van der Waals surface area contributed by atoms with Crippen molar-refractivity contribution in [3.8, 4) is 29.2 Å². The fraction of sp³-hybridized carbons (Fsp3) is 0.0667. The van der Waals surface area contributed by atoms with Crippen molar-refractivity contribution in [2.45, 2.75) is 6.36 Å². The summed E-state index contributed by atoms with van der Waals surface area (Å²) in [6.45, 7) is 0. The quantitative estimate of drug-likeness (QED) is 0.736. The number of rotatable bonds is 2. The molecule has 0 unspecified atom stereocenters. The molecule has 0 bridgehead atoms. The van der Waals surface area contributed by atoms with Gasteiger partial charge in [-0.1, -0.05) is 36.3 Å². The second-order valence-electron chi connectivity index (χ2n) is 3.80. The number of terminal acetylenes is 1. The van der Waals surface area contributed by atoms with Crippen LogP contribution in [0.1, 0.15) is 5.56 Å². The Labute approximate surface area is 108 Å². The molecule has 0 aromatic heterocycles. The molecule has 2 rings (SSSR count). The third-order valence-corrected chi connectivity index (χ3v) is 2.41. The molecule has 0 saturated carbocycles. The van der Waals surface area contributed by atoms with E-state index in [2.05, 4.69) is 10.7 Å². The van der Waals surface area contributed by atoms with Crippen LogP contribution in [0.3, 0.4) is 0 Å². The predicted molar refractivity (Wildman–Crippen MR) is 66.5 cm³/mol. The van der Waals surface area contributed by atoms with E-state index >= 15 is 0 Å². The van der Waals surface area contributed by atoms with E-state index in [1.165, 1.54) is 12.1 Å². The molecular formula is C15H9F3O. The van der Waals surface area contributed by atoms with Crippen molar-refractivity contribution in [1.29, 1.82) is 0 Å². The molecule has 0 aliphatic carbocycles. The smallest absolute Gasteiger partial charge is 0.406 e. The van der Waals surface area contributed by atoms with Crippen molar-refractivity contribution in [2.24, 2.45) is 0 Å². The summed E-state index contributed by atoms with van der Waals surface area (Å²) in [5.41, 5.74) is 1.68. The van der Waals surface area contributed by atoms with Gasteiger partial charge in [-0.2, -0.15) is 0 Å². The minimum atomic E-state index is -4.73. The SMILES string of the molecule is C#Cc1cc(OC(F)(F)F)cc(-c2ccccc2)c1. The Morgan fingerprint density at radius 3 is 2.21 bits per heavy atom. The minimum absolute atomic E-state index is 0.318. The maximum atomic E-state index is 12.2. The van der Waals surface area contributed by atoms with Crippen LogP contribution in [0.4, 0.5) is 13.2 Å². The van der Waals surface area contributed by atoms with E-state index in [-0.39, 0.29) is 5.75 Å². The first-order valence-corrected chi connectivity index (χ1v) is 5.41. The van der Waals surface area contributed by atoms with Crippen molar-refractivity contribution in [3.63, 3.8) is 0 Å². The van der Waals surface area contributed by atoms with Gasteiger partial charge in [0.15, 0.2) is 0 Å². The van der Waals surface area contributed by atoms with E-state index < -0.39 is 6.36 Å². The van der Waals surface area contributed by atoms with Crippen LogP contribution in [-0.2, 0) is 0 Å². The average Bonchev–Trinajstić information content (AvgIpc) is 2.37. The second-order valence-corrected chi connectivity index (χ2v) is 3.80. The molecule has 1 nitrogen and oxygen atoms in total. The highest BCUT2D eigenvalue weighted by molar-refractivity contribution is 5.67. The summed E-state index contributed by atoms with van der Waals surface area (Å²) in [6, 6.07) is 13.1. The first-order chi connectivity index (χ1) is 8.98. The summed E-state index contributed by atoms with van der Waals surface area (Å²) >= 11 is 0. The molecule has 96 valence electrons. The van der Waals surface area contributed by atoms with Gasteiger partial charge in [-0.3, -0.25) is 0 Å². The van der Waals surface area contributed by atoms with Gasteiger partial charge < -0.3 is 4.74 Å². The molecule has 0 fully saturated rings. The zero-order chi connectivity index (χ0) is 13.9.